The first kappa shape index (κ1) is 23.1. The Hall–Kier alpha value is -5.60. The Morgan fingerprint density at radius 3 is 1.64 bits per heavy atom. The first-order valence-corrected chi connectivity index (χ1v) is 14.5. The van der Waals surface area contributed by atoms with E-state index in [4.69, 9.17) is 0 Å². The van der Waals surface area contributed by atoms with Gasteiger partial charge < -0.3 is 9.13 Å². The molecule has 0 saturated carbocycles. The summed E-state index contributed by atoms with van der Waals surface area (Å²) in [4.78, 5) is 0. The van der Waals surface area contributed by atoms with Gasteiger partial charge in [0.1, 0.15) is 0 Å². The van der Waals surface area contributed by atoms with Gasteiger partial charge in [-0.15, -0.1) is 0 Å². The molecule has 0 aliphatic rings. The molecule has 42 heavy (non-hydrogen) atoms. The van der Waals surface area contributed by atoms with Crippen LogP contribution in [0.5, 0.6) is 0 Å². The molecule has 2 aromatic heterocycles. The average Bonchev–Trinajstić information content (AvgIpc) is 3.61. The third-order valence-electron chi connectivity index (χ3n) is 8.67. The minimum absolute atomic E-state index is 1.16. The van der Waals surface area contributed by atoms with Crippen molar-refractivity contribution in [3.63, 3.8) is 0 Å². The maximum Gasteiger partial charge on any atom is 0.0635 e. The zero-order valence-corrected chi connectivity index (χ0v) is 22.9. The second kappa shape index (κ2) is 8.95. The molecule has 0 amide bonds. The minimum atomic E-state index is 1.16. The number of nitrogens with zero attached hydrogens (tertiary/aromatic N) is 2. The molecule has 0 aliphatic carbocycles. The van der Waals surface area contributed by atoms with Crippen LogP contribution in [0, 0.1) is 0 Å². The quantitative estimate of drug-likeness (QED) is 0.200. The number of hydrogen-bond acceptors (Lipinski definition) is 0. The predicted octanol–water partition coefficient (Wildman–Crippen LogP) is 10.7. The fourth-order valence-electron chi connectivity index (χ4n) is 6.88. The molecular formula is C40H26N2. The highest BCUT2D eigenvalue weighted by Crippen LogP contribution is 2.43. The van der Waals surface area contributed by atoms with Crippen LogP contribution in [-0.4, -0.2) is 9.13 Å². The van der Waals surface area contributed by atoms with E-state index in [9.17, 15) is 0 Å². The minimum Gasteiger partial charge on any atom is -0.309 e. The maximum atomic E-state index is 2.53. The van der Waals surface area contributed by atoms with Gasteiger partial charge in [0.15, 0.2) is 0 Å². The summed E-state index contributed by atoms with van der Waals surface area (Å²) in [5.74, 6) is 0. The highest BCUT2D eigenvalue weighted by Gasteiger charge is 2.22. The van der Waals surface area contributed by atoms with E-state index >= 15 is 0 Å². The van der Waals surface area contributed by atoms with Crippen LogP contribution in [0.4, 0.5) is 0 Å². The smallest absolute Gasteiger partial charge is 0.0635 e. The molecule has 0 bridgehead atoms. The summed E-state index contributed by atoms with van der Waals surface area (Å²) >= 11 is 0. The molecule has 0 atom stereocenters. The van der Waals surface area contributed by atoms with Crippen LogP contribution in [0.3, 0.4) is 0 Å². The van der Waals surface area contributed by atoms with Crippen LogP contribution in [0.2, 0.25) is 0 Å². The van der Waals surface area contributed by atoms with E-state index in [0.29, 0.717) is 0 Å². The van der Waals surface area contributed by atoms with Crippen molar-refractivity contribution in [2.45, 2.75) is 0 Å². The largest absolute Gasteiger partial charge is 0.309 e. The number of aromatic nitrogens is 2. The van der Waals surface area contributed by atoms with Gasteiger partial charge in [0.2, 0.25) is 0 Å². The van der Waals surface area contributed by atoms with E-state index in [1.807, 2.05) is 0 Å². The lowest BCUT2D eigenvalue weighted by Gasteiger charge is -2.16. The summed E-state index contributed by atoms with van der Waals surface area (Å²) < 4.78 is 4.94. The lowest BCUT2D eigenvalue weighted by molar-refractivity contribution is 1.13. The molecule has 0 radical (unpaired) electrons. The third kappa shape index (κ3) is 3.27. The molecule has 0 aliphatic heterocycles. The summed E-state index contributed by atoms with van der Waals surface area (Å²) in [6.07, 6.45) is 0. The first-order chi connectivity index (χ1) is 20.9. The highest BCUT2D eigenvalue weighted by atomic mass is 15.0. The molecule has 7 aromatic carbocycles. The Kier molecular flexibility index (Phi) is 4.93. The summed E-state index contributed by atoms with van der Waals surface area (Å²) in [6.45, 7) is 0. The van der Waals surface area contributed by atoms with E-state index in [0.717, 1.165) is 5.69 Å². The fraction of sp³-hybridized carbons (Fsp3) is 0. The van der Waals surface area contributed by atoms with Gasteiger partial charge in [-0.25, -0.2) is 0 Å². The lowest BCUT2D eigenvalue weighted by Crippen LogP contribution is -1.98. The van der Waals surface area contributed by atoms with Gasteiger partial charge >= 0.3 is 0 Å². The fourth-order valence-corrected chi connectivity index (χ4v) is 6.88. The zero-order valence-electron chi connectivity index (χ0n) is 22.9. The van der Waals surface area contributed by atoms with Crippen LogP contribution < -0.4 is 0 Å². The van der Waals surface area contributed by atoms with Gasteiger partial charge in [0.25, 0.3) is 0 Å². The average molecular weight is 535 g/mol. The molecule has 9 aromatic rings. The SMILES string of the molecule is c1ccc(-c2cc3c(ccc4c5ccccc5n(-c5c6ccccc6cc6ccccc56)c43)n2-c2ccccc2)cc1. The van der Waals surface area contributed by atoms with Gasteiger partial charge in [-0.3, -0.25) is 0 Å². The third-order valence-corrected chi connectivity index (χ3v) is 8.67. The molecule has 0 unspecified atom stereocenters. The number of rotatable bonds is 3. The number of benzene rings is 7. The van der Waals surface area contributed by atoms with E-state index in [-0.39, 0.29) is 0 Å². The topological polar surface area (TPSA) is 9.86 Å². The van der Waals surface area contributed by atoms with E-state index in [1.54, 1.807) is 0 Å². The van der Waals surface area contributed by atoms with Crippen LogP contribution >= 0.6 is 0 Å². The number of para-hydroxylation sites is 2. The van der Waals surface area contributed by atoms with Crippen molar-refractivity contribution in [3.8, 4) is 22.6 Å². The lowest BCUT2D eigenvalue weighted by atomic mass is 10.0. The molecule has 2 nitrogen and oxygen atoms in total. The van der Waals surface area contributed by atoms with Crippen molar-refractivity contribution in [2.24, 2.45) is 0 Å². The van der Waals surface area contributed by atoms with Crippen molar-refractivity contribution in [1.82, 2.24) is 9.13 Å². The Balaban J connectivity index is 1.53. The monoisotopic (exact) mass is 534 g/mol. The van der Waals surface area contributed by atoms with Crippen LogP contribution in [0.25, 0.3) is 76.9 Å². The van der Waals surface area contributed by atoms with Gasteiger partial charge in [0, 0.05) is 32.6 Å². The molecule has 2 heteroatoms. The summed E-state index contributed by atoms with van der Waals surface area (Å²) in [5, 5.41) is 8.76. The predicted molar refractivity (Wildman–Crippen MR) is 178 cm³/mol. The van der Waals surface area contributed by atoms with Crippen molar-refractivity contribution >= 4 is 54.3 Å². The van der Waals surface area contributed by atoms with Crippen molar-refractivity contribution in [2.75, 3.05) is 0 Å². The maximum absolute atomic E-state index is 2.53. The Bertz CT molecular complexity index is 2390. The molecule has 0 saturated heterocycles. The highest BCUT2D eigenvalue weighted by molar-refractivity contribution is 6.21. The molecule has 0 N–H and O–H groups in total. The van der Waals surface area contributed by atoms with Crippen LogP contribution in [0.1, 0.15) is 0 Å². The Morgan fingerprint density at radius 2 is 0.929 bits per heavy atom. The molecule has 9 rings (SSSR count). The number of hydrogen-bond donors (Lipinski definition) is 0. The second-order valence-electron chi connectivity index (χ2n) is 11.0. The number of fused-ring (bicyclic) bond motifs is 7. The van der Waals surface area contributed by atoms with E-state index in [2.05, 4.69) is 167 Å². The van der Waals surface area contributed by atoms with Gasteiger partial charge in [0.05, 0.1) is 27.9 Å². The molecule has 0 spiro atoms. The van der Waals surface area contributed by atoms with Crippen molar-refractivity contribution in [1.29, 1.82) is 0 Å². The normalized spacial score (nSPS) is 11.8. The Labute approximate surface area is 243 Å². The van der Waals surface area contributed by atoms with Crippen LogP contribution in [-0.2, 0) is 0 Å². The second-order valence-corrected chi connectivity index (χ2v) is 11.0. The van der Waals surface area contributed by atoms with Gasteiger partial charge in [-0.2, -0.15) is 0 Å². The summed E-state index contributed by atoms with van der Waals surface area (Å²) in [5.41, 5.74) is 8.42. The first-order valence-electron chi connectivity index (χ1n) is 14.5. The standard InChI is InChI=1S/C40H26N2/c1-3-13-27(14-4-1)38-26-35-37(41(38)30-17-5-2-6-18-30)24-23-34-33-21-11-12-22-36(33)42(40(34)35)39-31-19-9-7-15-28(31)25-29-16-8-10-20-32(29)39/h1-26H. The zero-order chi connectivity index (χ0) is 27.6. The molecule has 196 valence electrons. The summed E-state index contributed by atoms with van der Waals surface area (Å²) in [6, 6.07) is 57.2. The van der Waals surface area contributed by atoms with Crippen molar-refractivity contribution in [3.05, 3.63) is 158 Å². The summed E-state index contributed by atoms with van der Waals surface area (Å²) in [7, 11) is 0. The van der Waals surface area contributed by atoms with E-state index in [1.165, 1.54) is 71.2 Å². The molecule has 0 fully saturated rings. The van der Waals surface area contributed by atoms with E-state index < -0.39 is 0 Å². The van der Waals surface area contributed by atoms with Crippen molar-refractivity contribution < 1.29 is 0 Å². The molecular weight excluding hydrogens is 508 g/mol. The van der Waals surface area contributed by atoms with Gasteiger partial charge in [-0.1, -0.05) is 121 Å². The van der Waals surface area contributed by atoms with Crippen LogP contribution in [0.15, 0.2) is 158 Å². The van der Waals surface area contributed by atoms with Gasteiger partial charge in [-0.05, 0) is 52.7 Å². The molecule has 2 heterocycles. The Morgan fingerprint density at radius 1 is 0.357 bits per heavy atom.